The molecule has 0 bridgehead atoms. The quantitative estimate of drug-likeness (QED) is 0.582. The fourth-order valence-corrected chi connectivity index (χ4v) is 3.21. The maximum atomic E-state index is 14.2. The van der Waals surface area contributed by atoms with Gasteiger partial charge in [-0.3, -0.25) is 0 Å². The zero-order valence-corrected chi connectivity index (χ0v) is 13.5. The molecule has 0 aliphatic heterocycles. The van der Waals surface area contributed by atoms with Crippen molar-refractivity contribution < 1.29 is 18.0 Å². The smallest absolute Gasteiger partial charge is 0.150 e. The molecule has 7 heteroatoms. The normalized spacial score (nSPS) is 11.6. The molecule has 2 rings (SSSR count). The second-order valence-corrected chi connectivity index (χ2v) is 6.03. The first-order valence-corrected chi connectivity index (χ1v) is 7.95. The molecular weight excluding hydrogens is 337 g/mol. The van der Waals surface area contributed by atoms with Gasteiger partial charge in [-0.1, -0.05) is 12.1 Å². The van der Waals surface area contributed by atoms with Crippen molar-refractivity contribution in [2.75, 3.05) is 17.7 Å². The monoisotopic (exact) mass is 350 g/mol. The third kappa shape index (κ3) is 3.89. The van der Waals surface area contributed by atoms with Gasteiger partial charge in [-0.05, 0) is 29.8 Å². The lowest BCUT2D eigenvalue weighted by Crippen LogP contribution is -2.24. The van der Waals surface area contributed by atoms with E-state index in [2.05, 4.69) is 0 Å². The van der Waals surface area contributed by atoms with E-state index in [1.807, 2.05) is 0 Å². The average Bonchev–Trinajstić information content (AvgIpc) is 2.56. The first-order chi connectivity index (χ1) is 11.5. The van der Waals surface area contributed by atoms with Gasteiger partial charge >= 0.3 is 0 Å². The number of carbonyl (C=O) groups is 1. The summed E-state index contributed by atoms with van der Waals surface area (Å²) in [6.07, 6.45) is 0.681. The Labute approximate surface area is 141 Å². The van der Waals surface area contributed by atoms with Gasteiger partial charge in [0.25, 0.3) is 0 Å². The van der Waals surface area contributed by atoms with Crippen LogP contribution in [0, 0.1) is 28.8 Å². The Morgan fingerprint density at radius 3 is 2.29 bits per heavy atom. The second-order valence-electron chi connectivity index (χ2n) is 4.92. The number of aldehydes is 1. The summed E-state index contributed by atoms with van der Waals surface area (Å²) >= 11 is 1.15. The van der Waals surface area contributed by atoms with Crippen molar-refractivity contribution in [2.24, 2.45) is 0 Å². The highest BCUT2D eigenvalue weighted by molar-refractivity contribution is 8.00. The lowest BCUT2D eigenvalue weighted by atomic mass is 10.1. The largest absolute Gasteiger partial charge is 0.354 e. The summed E-state index contributed by atoms with van der Waals surface area (Å²) in [6.45, 7) is 0. The fourth-order valence-electron chi connectivity index (χ4n) is 2.27. The molecule has 0 aliphatic rings. The Hall–Kier alpha value is -2.46. The Morgan fingerprint density at radius 2 is 1.79 bits per heavy atom. The van der Waals surface area contributed by atoms with E-state index in [0.29, 0.717) is 11.8 Å². The van der Waals surface area contributed by atoms with Crippen LogP contribution in [0.15, 0.2) is 36.4 Å². The number of carbonyl (C=O) groups excluding carboxylic acids is 1. The van der Waals surface area contributed by atoms with Crippen LogP contribution in [0.2, 0.25) is 0 Å². The van der Waals surface area contributed by atoms with Gasteiger partial charge in [0, 0.05) is 7.05 Å². The minimum Gasteiger partial charge on any atom is -0.354 e. The SMILES string of the molecule is CN(c1c(F)cc(C#N)cc1F)C(SCC=O)c1ccc(F)cc1. The molecule has 0 radical (unpaired) electrons. The van der Waals surface area contributed by atoms with Gasteiger partial charge in [0.2, 0.25) is 0 Å². The number of anilines is 1. The van der Waals surface area contributed by atoms with Crippen molar-refractivity contribution in [3.63, 3.8) is 0 Å². The van der Waals surface area contributed by atoms with Crippen molar-refractivity contribution in [1.82, 2.24) is 0 Å². The molecule has 0 aromatic heterocycles. The van der Waals surface area contributed by atoms with Gasteiger partial charge in [0.1, 0.15) is 23.2 Å². The molecule has 0 saturated heterocycles. The summed E-state index contributed by atoms with van der Waals surface area (Å²) in [5, 5.41) is 8.17. The average molecular weight is 350 g/mol. The predicted molar refractivity (Wildman–Crippen MR) is 87.1 cm³/mol. The van der Waals surface area contributed by atoms with Crippen LogP contribution in [0.3, 0.4) is 0 Å². The molecule has 2 aromatic rings. The van der Waals surface area contributed by atoms with Crippen molar-refractivity contribution in [3.05, 3.63) is 65.0 Å². The Bertz CT molecular complexity index is 751. The maximum Gasteiger partial charge on any atom is 0.150 e. The molecule has 0 aliphatic carbocycles. The summed E-state index contributed by atoms with van der Waals surface area (Å²) < 4.78 is 41.6. The number of nitrogens with zero attached hydrogens (tertiary/aromatic N) is 2. The van der Waals surface area contributed by atoms with E-state index in [4.69, 9.17) is 5.26 Å². The van der Waals surface area contributed by atoms with E-state index in [1.54, 1.807) is 6.07 Å². The Kier molecular flexibility index (Phi) is 5.88. The molecule has 0 N–H and O–H groups in total. The van der Waals surface area contributed by atoms with Crippen molar-refractivity contribution in [1.29, 1.82) is 5.26 Å². The molecule has 3 nitrogen and oxygen atoms in total. The number of hydrogen-bond acceptors (Lipinski definition) is 4. The molecule has 0 fully saturated rings. The van der Waals surface area contributed by atoms with E-state index >= 15 is 0 Å². The number of nitriles is 1. The first kappa shape index (κ1) is 17.9. The lowest BCUT2D eigenvalue weighted by Gasteiger charge is -2.30. The first-order valence-electron chi connectivity index (χ1n) is 6.90. The van der Waals surface area contributed by atoms with Crippen molar-refractivity contribution in [3.8, 4) is 6.07 Å². The summed E-state index contributed by atoms with van der Waals surface area (Å²) in [7, 11) is 1.47. The molecule has 1 unspecified atom stereocenters. The summed E-state index contributed by atoms with van der Waals surface area (Å²) in [4.78, 5) is 12.0. The van der Waals surface area contributed by atoms with Crippen LogP contribution in [-0.4, -0.2) is 19.1 Å². The number of benzene rings is 2. The lowest BCUT2D eigenvalue weighted by molar-refractivity contribution is -0.105. The molecule has 2 aromatic carbocycles. The predicted octanol–water partition coefficient (Wildman–Crippen LogP) is 4.04. The van der Waals surface area contributed by atoms with Crippen LogP contribution in [0.4, 0.5) is 18.9 Å². The minimum absolute atomic E-state index is 0.103. The van der Waals surface area contributed by atoms with Crippen LogP contribution in [0.25, 0.3) is 0 Å². The molecular formula is C17H13F3N2OS. The second kappa shape index (κ2) is 7.88. The van der Waals surface area contributed by atoms with E-state index in [0.717, 1.165) is 23.9 Å². The van der Waals surface area contributed by atoms with E-state index in [1.165, 1.54) is 36.2 Å². The molecule has 0 saturated carbocycles. The van der Waals surface area contributed by atoms with Crippen LogP contribution < -0.4 is 4.90 Å². The van der Waals surface area contributed by atoms with Crippen LogP contribution in [0.5, 0.6) is 0 Å². The van der Waals surface area contributed by atoms with Gasteiger partial charge in [0.05, 0.1) is 17.4 Å². The minimum atomic E-state index is -0.882. The zero-order chi connectivity index (χ0) is 17.7. The third-order valence-corrected chi connectivity index (χ3v) is 4.56. The Balaban J connectivity index is 2.44. The third-order valence-electron chi connectivity index (χ3n) is 3.33. The summed E-state index contributed by atoms with van der Waals surface area (Å²) in [5.41, 5.74) is 0.150. The van der Waals surface area contributed by atoms with E-state index in [-0.39, 0.29) is 17.0 Å². The Morgan fingerprint density at radius 1 is 1.21 bits per heavy atom. The molecule has 0 heterocycles. The van der Waals surface area contributed by atoms with Crippen molar-refractivity contribution in [2.45, 2.75) is 5.37 Å². The molecule has 0 amide bonds. The highest BCUT2D eigenvalue weighted by Crippen LogP contribution is 2.37. The fraction of sp³-hybridized carbons (Fsp3) is 0.176. The molecule has 124 valence electrons. The maximum absolute atomic E-state index is 14.2. The highest BCUT2D eigenvalue weighted by Gasteiger charge is 2.24. The van der Waals surface area contributed by atoms with Crippen LogP contribution in [-0.2, 0) is 4.79 Å². The van der Waals surface area contributed by atoms with Crippen LogP contribution >= 0.6 is 11.8 Å². The van der Waals surface area contributed by atoms with Crippen molar-refractivity contribution >= 4 is 23.7 Å². The number of halogens is 3. The van der Waals surface area contributed by atoms with E-state index < -0.39 is 22.8 Å². The van der Waals surface area contributed by atoms with Gasteiger partial charge in [0.15, 0.2) is 11.6 Å². The standard InChI is InChI=1S/C17H13F3N2OS/c1-22(16-14(19)8-11(10-21)9-15(16)20)17(24-7-6-23)12-2-4-13(18)5-3-12/h2-6,8-9,17H,7H2,1H3. The zero-order valence-electron chi connectivity index (χ0n) is 12.7. The van der Waals surface area contributed by atoms with Gasteiger partial charge in [-0.15, -0.1) is 11.8 Å². The number of hydrogen-bond donors (Lipinski definition) is 0. The van der Waals surface area contributed by atoms with Crippen LogP contribution in [0.1, 0.15) is 16.5 Å². The molecule has 0 spiro atoms. The molecule has 24 heavy (non-hydrogen) atoms. The van der Waals surface area contributed by atoms with Gasteiger partial charge < -0.3 is 9.69 Å². The van der Waals surface area contributed by atoms with Gasteiger partial charge in [-0.25, -0.2) is 13.2 Å². The summed E-state index contributed by atoms with van der Waals surface area (Å²) in [6, 6.07) is 9.04. The number of thioether (sulfide) groups is 1. The van der Waals surface area contributed by atoms with E-state index in [9.17, 15) is 18.0 Å². The molecule has 1 atom stereocenters. The topological polar surface area (TPSA) is 44.1 Å². The summed E-state index contributed by atoms with van der Waals surface area (Å²) in [5.74, 6) is -2.09. The van der Waals surface area contributed by atoms with Gasteiger partial charge in [-0.2, -0.15) is 5.26 Å². The number of rotatable bonds is 6. The highest BCUT2D eigenvalue weighted by atomic mass is 32.2.